The van der Waals surface area contributed by atoms with Gasteiger partial charge in [0.2, 0.25) is 0 Å². The number of likely N-dealkylation sites (N-methyl/N-ethyl adjacent to an activating group) is 1. The minimum atomic E-state index is -0.290. The van der Waals surface area contributed by atoms with Gasteiger partial charge in [0.1, 0.15) is 4.88 Å². The van der Waals surface area contributed by atoms with Crippen LogP contribution in [0.3, 0.4) is 0 Å². The Morgan fingerprint density at radius 3 is 2.83 bits per heavy atom. The normalized spacial score (nSPS) is 18.6. The van der Waals surface area contributed by atoms with Crippen molar-refractivity contribution >= 4 is 75.5 Å². The number of carbonyl (C=O) groups is 1. The minimum absolute atomic E-state index is 0.290. The smallest absolute Gasteiger partial charge is 0.348 e. The van der Waals surface area contributed by atoms with Gasteiger partial charge in [-0.1, -0.05) is 53.0 Å². The third-order valence-electron chi connectivity index (χ3n) is 5.78. The van der Waals surface area contributed by atoms with Crippen LogP contribution in [0, 0.1) is 0 Å². The third-order valence-corrected chi connectivity index (χ3v) is 10.4. The van der Waals surface area contributed by atoms with Crippen LogP contribution in [0.1, 0.15) is 27.2 Å². The van der Waals surface area contributed by atoms with Gasteiger partial charge in [0.25, 0.3) is 5.01 Å². The van der Waals surface area contributed by atoms with Crippen molar-refractivity contribution in [2.24, 2.45) is 0 Å². The van der Waals surface area contributed by atoms with E-state index in [0.717, 1.165) is 43.5 Å². The predicted octanol–water partition coefficient (Wildman–Crippen LogP) is 6.88. The Morgan fingerprint density at radius 2 is 2.06 bits per heavy atom. The highest BCUT2D eigenvalue weighted by Gasteiger charge is 2.34. The van der Waals surface area contributed by atoms with Crippen molar-refractivity contribution in [3.8, 4) is 0 Å². The number of hydrogen-bond acceptors (Lipinski definition) is 8. The van der Waals surface area contributed by atoms with Gasteiger partial charge in [0.15, 0.2) is 12.7 Å². The molecule has 1 fully saturated rings. The molecular weight excluding hydrogens is 538 g/mol. The van der Waals surface area contributed by atoms with E-state index >= 15 is 0 Å². The first-order chi connectivity index (χ1) is 16.9. The Bertz CT molecular complexity index is 1390. The largest absolute Gasteiger partial charge is 0.465 e. The fourth-order valence-corrected chi connectivity index (χ4v) is 8.38. The SMILES string of the molecule is C=C1/C(=C2\Sc3ccc(Cl)cc3N2C)S/C(=C\c2scc[n+]2Cc2ccsc2C(=O)OC)N1CC. The standard InChI is InChI=1S/C25H23ClN3O2S4/c1-5-29-15(2)22(24-27(3)18-12-17(26)6-7-19(18)34-24)35-21(29)13-20-28(9-11-32-20)14-16-8-10-33-23(16)25(30)31-4/h6-13H,2,5,14H2,1,3-4H3/q+1/b24-22+. The van der Waals surface area contributed by atoms with Gasteiger partial charge in [0.05, 0.1) is 44.9 Å². The molecule has 2 aliphatic rings. The molecule has 180 valence electrons. The minimum Gasteiger partial charge on any atom is -0.465 e. The van der Waals surface area contributed by atoms with E-state index in [-0.39, 0.29) is 5.97 Å². The Labute approximate surface area is 226 Å². The molecule has 0 saturated carbocycles. The number of benzene rings is 1. The second-order valence-electron chi connectivity index (χ2n) is 7.82. The summed E-state index contributed by atoms with van der Waals surface area (Å²) in [6.45, 7) is 8.01. The van der Waals surface area contributed by atoms with Crippen LogP contribution in [0.4, 0.5) is 5.69 Å². The van der Waals surface area contributed by atoms with Crippen molar-refractivity contribution in [3.05, 3.63) is 88.9 Å². The van der Waals surface area contributed by atoms with E-state index in [9.17, 15) is 4.79 Å². The summed E-state index contributed by atoms with van der Waals surface area (Å²) < 4.78 is 7.12. The summed E-state index contributed by atoms with van der Waals surface area (Å²) in [5, 5.41) is 8.15. The van der Waals surface area contributed by atoms with E-state index < -0.39 is 0 Å². The molecule has 5 rings (SSSR count). The van der Waals surface area contributed by atoms with Crippen LogP contribution in [0.2, 0.25) is 5.02 Å². The van der Waals surface area contributed by atoms with E-state index in [4.69, 9.17) is 16.3 Å². The molecule has 3 aromatic rings. The molecule has 0 unspecified atom stereocenters. The first kappa shape index (κ1) is 24.5. The summed E-state index contributed by atoms with van der Waals surface area (Å²) in [5.74, 6) is -0.290. The summed E-state index contributed by atoms with van der Waals surface area (Å²) in [6.07, 6.45) is 4.27. The quantitative estimate of drug-likeness (QED) is 0.250. The number of thiophene rings is 1. The van der Waals surface area contributed by atoms with Gasteiger partial charge in [-0.25, -0.2) is 4.79 Å². The molecule has 2 aliphatic heterocycles. The Kier molecular flexibility index (Phi) is 7.05. The highest BCUT2D eigenvalue weighted by molar-refractivity contribution is 8.09. The summed E-state index contributed by atoms with van der Waals surface area (Å²) >= 11 is 12.8. The number of nitrogens with zero attached hydrogens (tertiary/aromatic N) is 3. The maximum Gasteiger partial charge on any atom is 0.348 e. The van der Waals surface area contributed by atoms with Crippen LogP contribution in [-0.2, 0) is 11.3 Å². The van der Waals surface area contributed by atoms with E-state index in [2.05, 4.69) is 58.6 Å². The lowest BCUT2D eigenvalue weighted by Gasteiger charge is -2.18. The third kappa shape index (κ3) is 4.56. The summed E-state index contributed by atoms with van der Waals surface area (Å²) in [4.78, 5) is 19.6. The summed E-state index contributed by atoms with van der Waals surface area (Å²) in [6, 6.07) is 8.01. The number of thiazole rings is 1. The van der Waals surface area contributed by atoms with Gasteiger partial charge < -0.3 is 14.5 Å². The van der Waals surface area contributed by atoms with E-state index in [1.165, 1.54) is 28.4 Å². The van der Waals surface area contributed by atoms with Gasteiger partial charge in [-0.2, -0.15) is 4.57 Å². The zero-order valence-corrected chi connectivity index (χ0v) is 23.4. The molecule has 0 radical (unpaired) electrons. The maximum absolute atomic E-state index is 12.1. The number of esters is 1. The van der Waals surface area contributed by atoms with Crippen molar-refractivity contribution in [1.82, 2.24) is 4.90 Å². The number of methoxy groups -OCH3 is 1. The van der Waals surface area contributed by atoms with Gasteiger partial charge in [-0.05, 0) is 36.6 Å². The fourth-order valence-electron chi connectivity index (χ4n) is 4.00. The van der Waals surface area contributed by atoms with Gasteiger partial charge in [-0.15, -0.1) is 11.3 Å². The van der Waals surface area contributed by atoms with Crippen LogP contribution in [0.5, 0.6) is 0 Å². The van der Waals surface area contributed by atoms with Crippen LogP contribution in [0.25, 0.3) is 6.08 Å². The van der Waals surface area contributed by atoms with E-state index in [1.807, 2.05) is 23.6 Å². The van der Waals surface area contributed by atoms with E-state index in [0.29, 0.717) is 11.4 Å². The first-order valence-corrected chi connectivity index (χ1v) is 14.6. The van der Waals surface area contributed by atoms with Gasteiger partial charge >= 0.3 is 5.97 Å². The zero-order chi connectivity index (χ0) is 24.7. The topological polar surface area (TPSA) is 36.7 Å². The lowest BCUT2D eigenvalue weighted by atomic mass is 10.2. The second-order valence-corrected chi connectivity index (χ2v) is 12.2. The van der Waals surface area contributed by atoms with Gasteiger partial charge in [-0.3, -0.25) is 0 Å². The number of fused-ring (bicyclic) bond motifs is 1. The van der Waals surface area contributed by atoms with Crippen molar-refractivity contribution < 1.29 is 14.1 Å². The molecule has 0 N–H and O–H groups in total. The van der Waals surface area contributed by atoms with Gasteiger partial charge in [0, 0.05) is 29.1 Å². The molecule has 5 nitrogen and oxygen atoms in total. The summed E-state index contributed by atoms with van der Waals surface area (Å²) in [7, 11) is 3.50. The molecule has 0 aliphatic carbocycles. The number of rotatable bonds is 5. The molecule has 0 bridgehead atoms. The van der Waals surface area contributed by atoms with Crippen molar-refractivity contribution in [3.63, 3.8) is 0 Å². The molecular formula is C25H23ClN3O2S4+. The molecule has 0 spiro atoms. The highest BCUT2D eigenvalue weighted by atomic mass is 35.5. The molecule has 1 saturated heterocycles. The molecule has 35 heavy (non-hydrogen) atoms. The average Bonchev–Trinajstić information content (AvgIpc) is 3.62. The summed E-state index contributed by atoms with van der Waals surface area (Å²) in [5.41, 5.74) is 3.09. The van der Waals surface area contributed by atoms with Crippen LogP contribution in [-0.4, -0.2) is 31.6 Å². The second kappa shape index (κ2) is 10.1. The molecule has 1 aromatic carbocycles. The van der Waals surface area contributed by atoms with Crippen LogP contribution >= 0.6 is 57.8 Å². The molecule has 0 atom stereocenters. The number of halogens is 1. The molecule has 4 heterocycles. The highest BCUT2D eigenvalue weighted by Crippen LogP contribution is 2.54. The Hall–Kier alpha value is -2.17. The van der Waals surface area contributed by atoms with Crippen molar-refractivity contribution in [2.75, 3.05) is 25.6 Å². The lowest BCUT2D eigenvalue weighted by Crippen LogP contribution is -2.35. The fraction of sp³-hybridized carbons (Fsp3) is 0.200. The predicted molar refractivity (Wildman–Crippen MR) is 149 cm³/mol. The lowest BCUT2D eigenvalue weighted by molar-refractivity contribution is -0.685. The van der Waals surface area contributed by atoms with Crippen molar-refractivity contribution in [2.45, 2.75) is 18.4 Å². The number of hydrogen-bond donors (Lipinski definition) is 0. The number of thioether (sulfide) groups is 2. The first-order valence-electron chi connectivity index (χ1n) is 10.8. The Balaban J connectivity index is 1.46. The monoisotopic (exact) mass is 560 g/mol. The molecule has 0 amide bonds. The Morgan fingerprint density at radius 1 is 1.23 bits per heavy atom. The van der Waals surface area contributed by atoms with E-state index in [1.54, 1.807) is 34.9 Å². The number of aromatic nitrogens is 1. The number of carbonyl (C=O) groups excluding carboxylic acids is 1. The zero-order valence-electron chi connectivity index (χ0n) is 19.4. The number of anilines is 1. The average molecular weight is 561 g/mol. The van der Waals surface area contributed by atoms with Crippen LogP contribution in [0.15, 0.2) is 73.4 Å². The molecule has 2 aromatic heterocycles. The van der Waals surface area contributed by atoms with Crippen LogP contribution < -0.4 is 9.47 Å². The maximum atomic E-state index is 12.1. The van der Waals surface area contributed by atoms with Crippen molar-refractivity contribution in [1.29, 1.82) is 0 Å². The molecule has 10 heteroatoms. The number of ether oxygens (including phenoxy) is 1.